The van der Waals surface area contributed by atoms with E-state index in [4.69, 9.17) is 20.8 Å². The molecule has 0 saturated heterocycles. The second-order valence-electron chi connectivity index (χ2n) is 8.26. The molecule has 3 aromatic carbocycles. The third kappa shape index (κ3) is 3.60. The molecule has 0 fully saturated rings. The summed E-state index contributed by atoms with van der Waals surface area (Å²) in [6.07, 6.45) is 0. The van der Waals surface area contributed by atoms with E-state index in [1.165, 1.54) is 6.07 Å². The molecule has 172 valence electrons. The molecular formula is C27H22ClNO5. The highest BCUT2D eigenvalue weighted by Gasteiger charge is 2.43. The van der Waals surface area contributed by atoms with Crippen LogP contribution in [0.5, 0.6) is 11.5 Å². The van der Waals surface area contributed by atoms with Gasteiger partial charge in [0.25, 0.3) is 5.91 Å². The average molecular weight is 476 g/mol. The molecule has 1 aliphatic rings. The Labute approximate surface area is 201 Å². The molecule has 0 spiro atoms. The Morgan fingerprint density at radius 2 is 1.88 bits per heavy atom. The monoisotopic (exact) mass is 475 g/mol. The van der Waals surface area contributed by atoms with Gasteiger partial charge in [-0.25, -0.2) is 0 Å². The topological polar surface area (TPSA) is 80.0 Å². The van der Waals surface area contributed by atoms with Gasteiger partial charge in [0.1, 0.15) is 5.58 Å². The van der Waals surface area contributed by atoms with Crippen molar-refractivity contribution in [2.75, 3.05) is 6.61 Å². The first-order valence-corrected chi connectivity index (χ1v) is 11.3. The Morgan fingerprint density at radius 3 is 2.65 bits per heavy atom. The molecule has 2 heterocycles. The molecule has 1 amide bonds. The van der Waals surface area contributed by atoms with Crippen molar-refractivity contribution in [3.8, 4) is 11.5 Å². The SMILES string of the molecule is CCOc1cc([C@H]2c3c(oc4ccc(C)cc4c3=O)C(=O)N2Cc2ccccc2Cl)ccc1O. The predicted molar refractivity (Wildman–Crippen MR) is 130 cm³/mol. The van der Waals surface area contributed by atoms with E-state index in [1.807, 2.05) is 38.1 Å². The maximum absolute atomic E-state index is 13.7. The minimum absolute atomic E-state index is 0.0180. The molecule has 1 aromatic heterocycles. The zero-order valence-corrected chi connectivity index (χ0v) is 19.4. The van der Waals surface area contributed by atoms with Gasteiger partial charge in [0, 0.05) is 11.6 Å². The van der Waals surface area contributed by atoms with Crippen molar-refractivity contribution in [2.45, 2.75) is 26.4 Å². The lowest BCUT2D eigenvalue weighted by Gasteiger charge is -2.26. The predicted octanol–water partition coefficient (Wildman–Crippen LogP) is 5.60. The van der Waals surface area contributed by atoms with Gasteiger partial charge in [0.15, 0.2) is 16.9 Å². The number of nitrogens with zero attached hydrogens (tertiary/aromatic N) is 1. The van der Waals surface area contributed by atoms with Gasteiger partial charge < -0.3 is 19.2 Å². The molecule has 0 bridgehead atoms. The highest BCUT2D eigenvalue weighted by Crippen LogP contribution is 2.42. The highest BCUT2D eigenvalue weighted by atomic mass is 35.5. The van der Waals surface area contributed by atoms with E-state index in [2.05, 4.69) is 0 Å². The van der Waals surface area contributed by atoms with Gasteiger partial charge in [-0.2, -0.15) is 0 Å². The number of benzene rings is 3. The van der Waals surface area contributed by atoms with Crippen LogP contribution in [0.1, 0.15) is 45.8 Å². The lowest BCUT2D eigenvalue weighted by molar-refractivity contribution is 0.0714. The quantitative estimate of drug-likeness (QED) is 0.406. The van der Waals surface area contributed by atoms with E-state index in [1.54, 1.807) is 35.2 Å². The second-order valence-corrected chi connectivity index (χ2v) is 8.67. The number of hydrogen-bond donors (Lipinski definition) is 1. The van der Waals surface area contributed by atoms with Crippen molar-refractivity contribution in [1.82, 2.24) is 4.90 Å². The molecule has 0 radical (unpaired) electrons. The normalized spacial score (nSPS) is 15.1. The molecule has 7 heteroatoms. The molecule has 0 aliphatic carbocycles. The van der Waals surface area contributed by atoms with Crippen molar-refractivity contribution in [2.24, 2.45) is 0 Å². The van der Waals surface area contributed by atoms with Crippen LogP contribution in [0, 0.1) is 6.92 Å². The summed E-state index contributed by atoms with van der Waals surface area (Å²) in [4.78, 5) is 28.9. The third-order valence-electron chi connectivity index (χ3n) is 6.02. The first-order valence-electron chi connectivity index (χ1n) is 11.0. The minimum atomic E-state index is -0.736. The second kappa shape index (κ2) is 8.54. The summed E-state index contributed by atoms with van der Waals surface area (Å²) in [6.45, 7) is 4.24. The first-order chi connectivity index (χ1) is 16.4. The smallest absolute Gasteiger partial charge is 0.291 e. The van der Waals surface area contributed by atoms with Crippen LogP contribution in [0.2, 0.25) is 5.02 Å². The van der Waals surface area contributed by atoms with Crippen molar-refractivity contribution in [3.05, 3.63) is 104 Å². The van der Waals surface area contributed by atoms with Gasteiger partial charge in [-0.15, -0.1) is 0 Å². The number of phenols is 1. The number of ether oxygens (including phenoxy) is 1. The van der Waals surface area contributed by atoms with Crippen molar-refractivity contribution in [1.29, 1.82) is 0 Å². The zero-order chi connectivity index (χ0) is 24.0. The number of aryl methyl sites for hydroxylation is 1. The molecule has 4 aromatic rings. The number of hydrogen-bond acceptors (Lipinski definition) is 5. The lowest BCUT2D eigenvalue weighted by Crippen LogP contribution is -2.29. The fraction of sp³-hybridized carbons (Fsp3) is 0.185. The fourth-order valence-corrected chi connectivity index (χ4v) is 4.62. The molecular weight excluding hydrogens is 454 g/mol. The highest BCUT2D eigenvalue weighted by molar-refractivity contribution is 6.31. The van der Waals surface area contributed by atoms with E-state index in [0.29, 0.717) is 28.2 Å². The number of carbonyl (C=O) groups is 1. The lowest BCUT2D eigenvalue weighted by atomic mass is 9.97. The van der Waals surface area contributed by atoms with Crippen LogP contribution in [-0.2, 0) is 6.54 Å². The molecule has 34 heavy (non-hydrogen) atoms. The van der Waals surface area contributed by atoms with E-state index in [-0.39, 0.29) is 34.8 Å². The van der Waals surface area contributed by atoms with Crippen LogP contribution < -0.4 is 10.2 Å². The number of amides is 1. The maximum atomic E-state index is 13.7. The third-order valence-corrected chi connectivity index (χ3v) is 6.39. The standard InChI is InChI=1S/C27H22ClNO5/c1-3-33-22-13-16(9-10-20(22)30)24-23-25(31)18-12-15(2)8-11-21(18)34-26(23)27(32)29(24)14-17-6-4-5-7-19(17)28/h4-13,24,30H,3,14H2,1-2H3/t24-/m0/s1. The zero-order valence-electron chi connectivity index (χ0n) is 18.7. The van der Waals surface area contributed by atoms with Crippen molar-refractivity contribution in [3.63, 3.8) is 0 Å². The van der Waals surface area contributed by atoms with Gasteiger partial charge in [-0.05, 0) is 55.3 Å². The summed E-state index contributed by atoms with van der Waals surface area (Å²) in [5.74, 6) is -0.122. The number of aromatic hydroxyl groups is 1. The fourth-order valence-electron chi connectivity index (χ4n) is 4.43. The number of rotatable bonds is 5. The van der Waals surface area contributed by atoms with Crippen LogP contribution in [0.3, 0.4) is 0 Å². The molecule has 0 unspecified atom stereocenters. The van der Waals surface area contributed by atoms with E-state index < -0.39 is 11.9 Å². The number of fused-ring (bicyclic) bond motifs is 2. The largest absolute Gasteiger partial charge is 0.504 e. The van der Waals surface area contributed by atoms with Gasteiger partial charge in [0.05, 0.1) is 23.6 Å². The van der Waals surface area contributed by atoms with Crippen LogP contribution in [-0.4, -0.2) is 22.5 Å². The van der Waals surface area contributed by atoms with Crippen LogP contribution >= 0.6 is 11.6 Å². The summed E-state index contributed by atoms with van der Waals surface area (Å²) in [6, 6.07) is 16.7. The van der Waals surface area contributed by atoms with Gasteiger partial charge in [-0.3, -0.25) is 9.59 Å². The summed E-state index contributed by atoms with van der Waals surface area (Å²) in [7, 11) is 0. The summed E-state index contributed by atoms with van der Waals surface area (Å²) in [5.41, 5.74) is 2.65. The number of halogens is 1. The van der Waals surface area contributed by atoms with Gasteiger partial charge >= 0.3 is 0 Å². The summed E-state index contributed by atoms with van der Waals surface area (Å²) in [5, 5.41) is 11.2. The Morgan fingerprint density at radius 1 is 1.09 bits per heavy atom. The molecule has 6 nitrogen and oxygen atoms in total. The van der Waals surface area contributed by atoms with E-state index in [9.17, 15) is 14.7 Å². The molecule has 1 N–H and O–H groups in total. The van der Waals surface area contributed by atoms with Crippen LogP contribution in [0.25, 0.3) is 11.0 Å². The molecule has 0 saturated carbocycles. The minimum Gasteiger partial charge on any atom is -0.504 e. The van der Waals surface area contributed by atoms with E-state index >= 15 is 0 Å². The van der Waals surface area contributed by atoms with E-state index in [0.717, 1.165) is 11.1 Å². The van der Waals surface area contributed by atoms with Gasteiger partial charge in [0.2, 0.25) is 5.76 Å². The van der Waals surface area contributed by atoms with Crippen molar-refractivity contribution < 1.29 is 19.1 Å². The van der Waals surface area contributed by atoms with Crippen molar-refractivity contribution >= 4 is 28.5 Å². The van der Waals surface area contributed by atoms with Crippen LogP contribution in [0.4, 0.5) is 0 Å². The van der Waals surface area contributed by atoms with Crippen LogP contribution in [0.15, 0.2) is 69.9 Å². The summed E-state index contributed by atoms with van der Waals surface area (Å²) < 4.78 is 11.6. The summed E-state index contributed by atoms with van der Waals surface area (Å²) >= 11 is 6.40. The Kier molecular flexibility index (Phi) is 5.54. The Balaban J connectivity index is 1.74. The van der Waals surface area contributed by atoms with Gasteiger partial charge in [-0.1, -0.05) is 47.5 Å². The number of phenolic OH excluding ortho intramolecular Hbond substituents is 1. The Hall–Kier alpha value is -3.77. The Bertz CT molecular complexity index is 1490. The molecule has 1 atom stereocenters. The molecule has 1 aliphatic heterocycles. The molecule has 5 rings (SSSR count). The first kappa shape index (κ1) is 22.0. The average Bonchev–Trinajstić information content (AvgIpc) is 3.09. The maximum Gasteiger partial charge on any atom is 0.291 e. The number of carbonyl (C=O) groups excluding carboxylic acids is 1.